The van der Waals surface area contributed by atoms with Gasteiger partial charge in [0.05, 0.1) is 0 Å². The van der Waals surface area contributed by atoms with Crippen molar-refractivity contribution < 1.29 is 0 Å². The molecule has 3 aliphatic heterocycles. The topological polar surface area (TPSA) is 6.48 Å². The third-order valence-electron chi connectivity index (χ3n) is 10.5. The Bertz CT molecular complexity index is 1980. The van der Waals surface area contributed by atoms with E-state index in [0.29, 0.717) is 11.8 Å². The summed E-state index contributed by atoms with van der Waals surface area (Å²) in [5.74, 6) is 0.884. The van der Waals surface area contributed by atoms with Crippen LogP contribution in [-0.2, 0) is 0 Å². The molecule has 0 bridgehead atoms. The SMILES string of the molecule is CC(C)c1ccc2c(c1)B1c3cccc4c3N(c3cc(C(C)C)ccc3B4c3ccccc3)c3cccc(c31)N2c1ccccc1. The van der Waals surface area contributed by atoms with Crippen molar-refractivity contribution in [1.29, 1.82) is 0 Å². The van der Waals surface area contributed by atoms with Crippen LogP contribution < -0.4 is 42.6 Å². The van der Waals surface area contributed by atoms with Gasteiger partial charge in [0.1, 0.15) is 0 Å². The first-order valence-electron chi connectivity index (χ1n) is 16.7. The summed E-state index contributed by atoms with van der Waals surface area (Å²) >= 11 is 0. The van der Waals surface area contributed by atoms with E-state index >= 15 is 0 Å². The van der Waals surface area contributed by atoms with E-state index in [0.717, 1.165) is 0 Å². The molecular weight excluding hydrogens is 554 g/mol. The predicted octanol–water partition coefficient (Wildman–Crippen LogP) is 6.85. The first kappa shape index (κ1) is 27.4. The maximum absolute atomic E-state index is 2.61. The normalized spacial score (nSPS) is 13.9. The smallest absolute Gasteiger partial charge is 0.252 e. The molecule has 0 aliphatic carbocycles. The lowest BCUT2D eigenvalue weighted by atomic mass is 9.29. The molecule has 46 heavy (non-hydrogen) atoms. The fraction of sp³-hybridized carbons (Fsp3) is 0.143. The molecule has 0 N–H and O–H groups in total. The minimum absolute atomic E-state index is 0.136. The Kier molecular flexibility index (Phi) is 6.12. The Hall–Kier alpha value is -4.95. The quantitative estimate of drug-likeness (QED) is 0.207. The summed E-state index contributed by atoms with van der Waals surface area (Å²) in [6.45, 7) is 9.52. The zero-order valence-corrected chi connectivity index (χ0v) is 26.9. The van der Waals surface area contributed by atoms with E-state index < -0.39 is 0 Å². The fourth-order valence-electron chi connectivity index (χ4n) is 8.26. The third kappa shape index (κ3) is 3.86. The molecule has 2 nitrogen and oxygen atoms in total. The van der Waals surface area contributed by atoms with Crippen LogP contribution in [0.15, 0.2) is 133 Å². The van der Waals surface area contributed by atoms with Gasteiger partial charge in [0, 0.05) is 34.1 Å². The third-order valence-corrected chi connectivity index (χ3v) is 10.5. The number of hydrogen-bond donors (Lipinski definition) is 0. The molecule has 220 valence electrons. The molecule has 0 saturated carbocycles. The van der Waals surface area contributed by atoms with E-state index in [9.17, 15) is 0 Å². The lowest BCUT2D eigenvalue weighted by molar-refractivity contribution is 0.867. The highest BCUT2D eigenvalue weighted by molar-refractivity contribution is 7.03. The highest BCUT2D eigenvalue weighted by Gasteiger charge is 2.47. The number of fused-ring (bicyclic) bond motifs is 6. The molecule has 6 aromatic carbocycles. The van der Waals surface area contributed by atoms with Gasteiger partial charge in [0.25, 0.3) is 6.71 Å². The minimum Gasteiger partial charge on any atom is -0.312 e. The molecule has 0 fully saturated rings. The molecule has 3 heterocycles. The van der Waals surface area contributed by atoms with Gasteiger partial charge in [-0.1, -0.05) is 130 Å². The summed E-state index contributed by atoms with van der Waals surface area (Å²) in [7, 11) is 0. The molecule has 0 amide bonds. The van der Waals surface area contributed by atoms with Gasteiger partial charge >= 0.3 is 0 Å². The van der Waals surface area contributed by atoms with Gasteiger partial charge in [-0.25, -0.2) is 0 Å². The van der Waals surface area contributed by atoms with Gasteiger partial charge < -0.3 is 9.80 Å². The Morgan fingerprint density at radius 2 is 1.04 bits per heavy atom. The summed E-state index contributed by atoms with van der Waals surface area (Å²) in [5, 5.41) is 0. The van der Waals surface area contributed by atoms with Crippen molar-refractivity contribution in [3.63, 3.8) is 0 Å². The van der Waals surface area contributed by atoms with Crippen molar-refractivity contribution in [2.45, 2.75) is 39.5 Å². The van der Waals surface area contributed by atoms with Crippen molar-refractivity contribution in [2.75, 3.05) is 9.80 Å². The molecule has 9 rings (SSSR count). The van der Waals surface area contributed by atoms with Gasteiger partial charge in [0.2, 0.25) is 6.71 Å². The molecule has 0 saturated heterocycles. The largest absolute Gasteiger partial charge is 0.312 e. The number of rotatable bonds is 4. The molecule has 6 aromatic rings. The zero-order valence-electron chi connectivity index (χ0n) is 26.9. The van der Waals surface area contributed by atoms with Crippen LogP contribution in [0.2, 0.25) is 0 Å². The van der Waals surface area contributed by atoms with E-state index in [1.54, 1.807) is 0 Å². The zero-order chi connectivity index (χ0) is 31.1. The molecular formula is C42H36B2N2. The van der Waals surface area contributed by atoms with Gasteiger partial charge in [0.15, 0.2) is 0 Å². The maximum atomic E-state index is 2.61. The molecule has 3 aliphatic rings. The van der Waals surface area contributed by atoms with Crippen LogP contribution in [0.25, 0.3) is 0 Å². The first-order chi connectivity index (χ1) is 22.5. The molecule has 0 spiro atoms. The van der Waals surface area contributed by atoms with Gasteiger partial charge in [-0.15, -0.1) is 0 Å². The van der Waals surface area contributed by atoms with E-state index in [1.807, 2.05) is 0 Å². The predicted molar refractivity (Wildman–Crippen MR) is 200 cm³/mol. The maximum Gasteiger partial charge on any atom is 0.252 e. The highest BCUT2D eigenvalue weighted by Crippen LogP contribution is 2.44. The standard InChI is InChI=1S/C42H36B2N2/c1-27(2)29-22-24-37-36(25-29)44-35-18-11-17-34-42(35)46(39-20-12-19-38(41(39)44)45(37)32-15-9-6-10-16-32)40-26-30(28(3)4)21-23-33(40)43(34)31-13-7-5-8-14-31/h5-28H,1-4H3. The van der Waals surface area contributed by atoms with Gasteiger partial charge in [-0.2, -0.15) is 0 Å². The monoisotopic (exact) mass is 590 g/mol. The van der Waals surface area contributed by atoms with Gasteiger partial charge in [-0.3, -0.25) is 0 Å². The van der Waals surface area contributed by atoms with E-state index in [4.69, 9.17) is 0 Å². The van der Waals surface area contributed by atoms with Crippen molar-refractivity contribution in [3.8, 4) is 0 Å². The summed E-state index contributed by atoms with van der Waals surface area (Å²) in [6, 6.07) is 50.5. The van der Waals surface area contributed by atoms with E-state index in [2.05, 4.69) is 171 Å². The average Bonchev–Trinajstić information content (AvgIpc) is 3.09. The summed E-state index contributed by atoms with van der Waals surface area (Å²) < 4.78 is 0. The van der Waals surface area contributed by atoms with E-state index in [1.165, 1.54) is 78.0 Å². The number of para-hydroxylation sites is 2. The average molecular weight is 590 g/mol. The minimum atomic E-state index is 0.136. The number of benzene rings is 6. The van der Waals surface area contributed by atoms with Crippen LogP contribution in [0.5, 0.6) is 0 Å². The van der Waals surface area contributed by atoms with Crippen LogP contribution in [0.3, 0.4) is 0 Å². The Morgan fingerprint density at radius 1 is 0.435 bits per heavy atom. The molecule has 0 radical (unpaired) electrons. The molecule has 0 atom stereocenters. The second-order valence-electron chi connectivity index (χ2n) is 13.7. The molecule has 4 heteroatoms. The second kappa shape index (κ2) is 10.3. The van der Waals surface area contributed by atoms with Crippen molar-refractivity contribution >= 4 is 80.3 Å². The number of hydrogen-bond acceptors (Lipinski definition) is 2. The fourth-order valence-corrected chi connectivity index (χ4v) is 8.26. The van der Waals surface area contributed by atoms with Crippen LogP contribution in [0, 0.1) is 0 Å². The highest BCUT2D eigenvalue weighted by atomic mass is 15.2. The van der Waals surface area contributed by atoms with Crippen LogP contribution in [0.4, 0.5) is 34.1 Å². The summed E-state index contributed by atoms with van der Waals surface area (Å²) in [6.07, 6.45) is 0. The lowest BCUT2D eigenvalue weighted by Crippen LogP contribution is -2.66. The second-order valence-corrected chi connectivity index (χ2v) is 13.7. The summed E-state index contributed by atoms with van der Waals surface area (Å²) in [5.41, 5.74) is 18.7. The Morgan fingerprint density at radius 3 is 1.76 bits per heavy atom. The van der Waals surface area contributed by atoms with Crippen LogP contribution >= 0.6 is 0 Å². The van der Waals surface area contributed by atoms with Crippen molar-refractivity contribution in [1.82, 2.24) is 0 Å². The van der Waals surface area contributed by atoms with Crippen LogP contribution in [-0.4, -0.2) is 13.4 Å². The number of anilines is 6. The Labute approximate surface area is 273 Å². The number of nitrogens with zero attached hydrogens (tertiary/aromatic N) is 2. The Balaban J connectivity index is 1.39. The first-order valence-corrected chi connectivity index (χ1v) is 16.7. The molecule has 0 unspecified atom stereocenters. The van der Waals surface area contributed by atoms with Gasteiger partial charge in [-0.05, 0) is 86.7 Å². The molecule has 0 aromatic heterocycles. The summed E-state index contributed by atoms with van der Waals surface area (Å²) in [4.78, 5) is 5.10. The van der Waals surface area contributed by atoms with Crippen molar-refractivity contribution in [2.24, 2.45) is 0 Å². The van der Waals surface area contributed by atoms with Crippen LogP contribution in [0.1, 0.15) is 50.7 Å². The van der Waals surface area contributed by atoms with Crippen molar-refractivity contribution in [3.05, 3.63) is 145 Å². The van der Waals surface area contributed by atoms with E-state index in [-0.39, 0.29) is 13.4 Å². The lowest BCUT2D eigenvalue weighted by Gasteiger charge is -2.47.